The van der Waals surface area contributed by atoms with E-state index in [0.29, 0.717) is 19.6 Å². The molecule has 3 aromatic carbocycles. The highest BCUT2D eigenvalue weighted by molar-refractivity contribution is 5.82. The molecule has 0 bridgehead atoms. The normalized spacial score (nSPS) is 14.2. The molecule has 1 amide bonds. The summed E-state index contributed by atoms with van der Waals surface area (Å²) in [5, 5.41) is 9.76. The summed E-state index contributed by atoms with van der Waals surface area (Å²) in [7, 11) is 1.79. The van der Waals surface area contributed by atoms with Gasteiger partial charge in [-0.15, -0.1) is 0 Å². The number of rotatable bonds is 7. The quantitative estimate of drug-likeness (QED) is 0.389. The zero-order chi connectivity index (χ0) is 22.9. The van der Waals surface area contributed by atoms with Crippen molar-refractivity contribution in [2.75, 3.05) is 38.1 Å². The maximum Gasteiger partial charge on any atom is 0.239 e. The molecule has 0 saturated carbocycles. The van der Waals surface area contributed by atoms with E-state index in [2.05, 4.69) is 98.6 Å². The number of nitrogens with zero attached hydrogens (tertiary/aromatic N) is 2. The lowest BCUT2D eigenvalue weighted by atomic mass is 9.91. The summed E-state index contributed by atoms with van der Waals surface area (Å²) in [6.45, 7) is 3.35. The number of benzene rings is 3. The van der Waals surface area contributed by atoms with Crippen molar-refractivity contribution >= 4 is 17.6 Å². The second kappa shape index (κ2) is 11.2. The number of aliphatic imine (C=N–C) groups is 1. The van der Waals surface area contributed by atoms with Crippen LogP contribution in [0.2, 0.25) is 0 Å². The molecule has 3 aromatic rings. The Bertz CT molecular complexity index is 1010. The van der Waals surface area contributed by atoms with Gasteiger partial charge in [-0.2, -0.15) is 0 Å². The first-order chi connectivity index (χ1) is 16.2. The van der Waals surface area contributed by atoms with Gasteiger partial charge in [0.1, 0.15) is 0 Å². The molecule has 4 rings (SSSR count). The van der Waals surface area contributed by atoms with Crippen LogP contribution in [-0.2, 0) is 11.3 Å². The molecule has 0 spiro atoms. The Morgan fingerprint density at radius 2 is 1.58 bits per heavy atom. The molecule has 0 radical (unpaired) electrons. The maximum atomic E-state index is 11.6. The molecule has 1 aliphatic rings. The number of hydrogen-bond acceptors (Lipinski definition) is 3. The van der Waals surface area contributed by atoms with E-state index in [-0.39, 0.29) is 11.8 Å². The van der Waals surface area contributed by atoms with Gasteiger partial charge in [0.25, 0.3) is 0 Å². The van der Waals surface area contributed by atoms with Crippen LogP contribution in [-0.4, -0.2) is 45.1 Å². The fourth-order valence-corrected chi connectivity index (χ4v) is 4.09. The summed E-state index contributed by atoms with van der Waals surface area (Å²) in [6, 6.07) is 29.4. The Labute approximate surface area is 195 Å². The number of guanidine groups is 1. The fraction of sp³-hybridized carbons (Fsp3) is 0.259. The highest BCUT2D eigenvalue weighted by Gasteiger charge is 2.16. The van der Waals surface area contributed by atoms with Gasteiger partial charge in [-0.3, -0.25) is 9.79 Å². The number of hydrogen-bond donors (Lipinski definition) is 3. The van der Waals surface area contributed by atoms with Crippen LogP contribution >= 0.6 is 0 Å². The Morgan fingerprint density at radius 1 is 0.939 bits per heavy atom. The lowest BCUT2D eigenvalue weighted by Crippen LogP contribution is -2.47. The van der Waals surface area contributed by atoms with Crippen molar-refractivity contribution in [1.29, 1.82) is 0 Å². The first-order valence-electron chi connectivity index (χ1n) is 11.4. The highest BCUT2D eigenvalue weighted by atomic mass is 16.2. The monoisotopic (exact) mass is 441 g/mol. The zero-order valence-corrected chi connectivity index (χ0v) is 19.0. The van der Waals surface area contributed by atoms with Gasteiger partial charge in [-0.05, 0) is 28.8 Å². The van der Waals surface area contributed by atoms with Gasteiger partial charge in [0.15, 0.2) is 5.96 Å². The minimum atomic E-state index is 0.0752. The number of nitrogens with one attached hydrogen (secondary N) is 3. The molecule has 1 aliphatic heterocycles. The summed E-state index contributed by atoms with van der Waals surface area (Å²) in [5.74, 6) is 1.07. The molecule has 0 aliphatic carbocycles. The van der Waals surface area contributed by atoms with Gasteiger partial charge in [0.2, 0.25) is 5.91 Å². The van der Waals surface area contributed by atoms with Crippen LogP contribution in [0.4, 0.5) is 5.69 Å². The smallest absolute Gasteiger partial charge is 0.239 e. The Morgan fingerprint density at radius 3 is 2.15 bits per heavy atom. The third kappa shape index (κ3) is 6.13. The summed E-state index contributed by atoms with van der Waals surface area (Å²) in [5.41, 5.74) is 4.78. The molecule has 170 valence electrons. The molecule has 3 N–H and O–H groups in total. The van der Waals surface area contributed by atoms with Crippen molar-refractivity contribution in [2.24, 2.45) is 4.99 Å². The van der Waals surface area contributed by atoms with E-state index >= 15 is 0 Å². The number of anilines is 1. The zero-order valence-electron chi connectivity index (χ0n) is 19.0. The summed E-state index contributed by atoms with van der Waals surface area (Å²) >= 11 is 0. The number of piperazine rings is 1. The van der Waals surface area contributed by atoms with Gasteiger partial charge in [-0.25, -0.2) is 0 Å². The third-order valence-electron chi connectivity index (χ3n) is 5.90. The van der Waals surface area contributed by atoms with Crippen LogP contribution in [0, 0.1) is 0 Å². The van der Waals surface area contributed by atoms with Gasteiger partial charge >= 0.3 is 0 Å². The van der Waals surface area contributed by atoms with Crippen LogP contribution in [0.5, 0.6) is 0 Å². The predicted molar refractivity (Wildman–Crippen MR) is 135 cm³/mol. The molecule has 0 unspecified atom stereocenters. The summed E-state index contributed by atoms with van der Waals surface area (Å²) < 4.78 is 0. The topological polar surface area (TPSA) is 68.8 Å². The van der Waals surface area contributed by atoms with Crippen LogP contribution in [0.1, 0.15) is 22.6 Å². The molecule has 6 nitrogen and oxygen atoms in total. The van der Waals surface area contributed by atoms with Crippen LogP contribution in [0.3, 0.4) is 0 Å². The van der Waals surface area contributed by atoms with E-state index in [0.717, 1.165) is 30.3 Å². The second-order valence-electron chi connectivity index (χ2n) is 8.12. The lowest BCUT2D eigenvalue weighted by Gasteiger charge is -2.28. The summed E-state index contributed by atoms with van der Waals surface area (Å²) in [4.78, 5) is 18.1. The molecule has 0 aromatic heterocycles. The van der Waals surface area contributed by atoms with E-state index < -0.39 is 0 Å². The van der Waals surface area contributed by atoms with Gasteiger partial charge in [0, 0.05) is 44.8 Å². The van der Waals surface area contributed by atoms with Gasteiger partial charge < -0.3 is 20.9 Å². The van der Waals surface area contributed by atoms with E-state index in [9.17, 15) is 4.79 Å². The average Bonchev–Trinajstić information content (AvgIpc) is 2.87. The molecule has 1 heterocycles. The highest BCUT2D eigenvalue weighted by Crippen LogP contribution is 2.23. The fourth-order valence-electron chi connectivity index (χ4n) is 4.09. The van der Waals surface area contributed by atoms with Crippen molar-refractivity contribution in [3.63, 3.8) is 0 Å². The standard InChI is InChI=1S/C27H31N5O/c1-28-27(30-18-21-12-14-24(15-13-21)32-17-16-29-26(33)20-32)31-19-25(22-8-4-2-5-9-22)23-10-6-3-7-11-23/h2-15,25H,16-20H2,1H3,(H,29,33)(H2,28,30,31). The first kappa shape index (κ1) is 22.4. The number of carbonyl (C=O) groups is 1. The third-order valence-corrected chi connectivity index (χ3v) is 5.90. The Balaban J connectivity index is 1.35. The van der Waals surface area contributed by atoms with E-state index in [1.807, 2.05) is 12.1 Å². The van der Waals surface area contributed by atoms with Crippen LogP contribution < -0.4 is 20.9 Å². The van der Waals surface area contributed by atoms with Gasteiger partial charge in [-0.1, -0.05) is 72.8 Å². The second-order valence-corrected chi connectivity index (χ2v) is 8.12. The minimum absolute atomic E-state index is 0.0752. The van der Waals surface area contributed by atoms with Crippen LogP contribution in [0.25, 0.3) is 0 Å². The minimum Gasteiger partial charge on any atom is -0.360 e. The molecule has 1 fully saturated rings. The van der Waals surface area contributed by atoms with Crippen molar-refractivity contribution < 1.29 is 4.79 Å². The average molecular weight is 442 g/mol. The van der Waals surface area contributed by atoms with Crippen LogP contribution in [0.15, 0.2) is 89.9 Å². The molecule has 33 heavy (non-hydrogen) atoms. The Kier molecular flexibility index (Phi) is 7.59. The molecule has 6 heteroatoms. The van der Waals surface area contributed by atoms with Crippen molar-refractivity contribution in [1.82, 2.24) is 16.0 Å². The summed E-state index contributed by atoms with van der Waals surface area (Å²) in [6.07, 6.45) is 0. The lowest BCUT2D eigenvalue weighted by molar-refractivity contribution is -0.120. The molecular weight excluding hydrogens is 410 g/mol. The Hall–Kier alpha value is -3.80. The van der Waals surface area contributed by atoms with Crippen molar-refractivity contribution in [3.8, 4) is 0 Å². The number of carbonyl (C=O) groups excluding carboxylic acids is 1. The number of amides is 1. The molecule has 0 atom stereocenters. The molecular formula is C27H31N5O. The largest absolute Gasteiger partial charge is 0.360 e. The maximum absolute atomic E-state index is 11.6. The SMILES string of the molecule is CN=C(NCc1ccc(N2CCNC(=O)C2)cc1)NCC(c1ccccc1)c1ccccc1. The van der Waals surface area contributed by atoms with Crippen molar-refractivity contribution in [2.45, 2.75) is 12.5 Å². The van der Waals surface area contributed by atoms with E-state index in [4.69, 9.17) is 0 Å². The van der Waals surface area contributed by atoms with Gasteiger partial charge in [0.05, 0.1) is 6.54 Å². The van der Waals surface area contributed by atoms with Crippen molar-refractivity contribution in [3.05, 3.63) is 102 Å². The predicted octanol–water partition coefficient (Wildman–Crippen LogP) is 3.12. The van der Waals surface area contributed by atoms with E-state index in [1.165, 1.54) is 11.1 Å². The molecule has 1 saturated heterocycles. The first-order valence-corrected chi connectivity index (χ1v) is 11.4. The van der Waals surface area contributed by atoms with E-state index in [1.54, 1.807) is 7.05 Å².